The molecule has 3 rings (SSSR count). The first-order valence-electron chi connectivity index (χ1n) is 7.20. The fourth-order valence-electron chi connectivity index (χ4n) is 2.21. The first kappa shape index (κ1) is 15.0. The van der Waals surface area contributed by atoms with Gasteiger partial charge in [0.2, 0.25) is 5.91 Å². The maximum absolute atomic E-state index is 13.1. The summed E-state index contributed by atoms with van der Waals surface area (Å²) in [5.41, 5.74) is 1.56. The van der Waals surface area contributed by atoms with Gasteiger partial charge in [-0.15, -0.1) is 0 Å². The highest BCUT2D eigenvalue weighted by Gasteiger charge is 2.28. The molecule has 0 spiro atoms. The summed E-state index contributed by atoms with van der Waals surface area (Å²) in [7, 11) is 0. The van der Waals surface area contributed by atoms with Crippen molar-refractivity contribution < 1.29 is 9.18 Å². The van der Waals surface area contributed by atoms with Crippen LogP contribution in [0.5, 0.6) is 0 Å². The number of anilines is 1. The summed E-state index contributed by atoms with van der Waals surface area (Å²) in [4.78, 5) is 12.5. The molecule has 22 heavy (non-hydrogen) atoms. The molecule has 0 bridgehead atoms. The number of hydrogen-bond donors (Lipinski definition) is 2. The Morgan fingerprint density at radius 2 is 1.91 bits per heavy atom. The van der Waals surface area contributed by atoms with Gasteiger partial charge in [-0.1, -0.05) is 34.1 Å². The van der Waals surface area contributed by atoms with Gasteiger partial charge in [-0.3, -0.25) is 4.79 Å². The van der Waals surface area contributed by atoms with Gasteiger partial charge in [0.15, 0.2) is 0 Å². The fraction of sp³-hybridized carbons (Fsp3) is 0.235. The minimum atomic E-state index is -0.546. The van der Waals surface area contributed by atoms with E-state index in [1.54, 1.807) is 12.1 Å². The van der Waals surface area contributed by atoms with Crippen LogP contribution in [-0.4, -0.2) is 11.9 Å². The molecule has 0 heterocycles. The van der Waals surface area contributed by atoms with E-state index in [1.165, 1.54) is 12.1 Å². The largest absolute Gasteiger partial charge is 0.370 e. The standard InChI is InChI=1S/C17H16BrFN2O/c18-12-2-1-3-15(10-12)20-16(17(22)21-14-8-9-14)11-4-6-13(19)7-5-11/h1-7,10,14,16,20H,8-9H2,(H,21,22). The van der Waals surface area contributed by atoms with Crippen molar-refractivity contribution in [3.8, 4) is 0 Å². The SMILES string of the molecule is O=C(NC1CC1)C(Nc1cccc(Br)c1)c1ccc(F)cc1. The summed E-state index contributed by atoms with van der Waals surface area (Å²) in [6.45, 7) is 0. The topological polar surface area (TPSA) is 41.1 Å². The van der Waals surface area contributed by atoms with E-state index in [0.29, 0.717) is 0 Å². The monoisotopic (exact) mass is 362 g/mol. The Labute approximate surface area is 137 Å². The summed E-state index contributed by atoms with van der Waals surface area (Å²) in [6.07, 6.45) is 2.05. The predicted molar refractivity (Wildman–Crippen MR) is 88.1 cm³/mol. The zero-order valence-electron chi connectivity index (χ0n) is 11.9. The summed E-state index contributed by atoms with van der Waals surface area (Å²) >= 11 is 3.42. The highest BCUT2D eigenvalue weighted by atomic mass is 79.9. The molecular weight excluding hydrogens is 347 g/mol. The number of amides is 1. The molecule has 0 aromatic heterocycles. The van der Waals surface area contributed by atoms with Crippen LogP contribution in [0, 0.1) is 5.82 Å². The van der Waals surface area contributed by atoms with Crippen LogP contribution in [0.25, 0.3) is 0 Å². The third-order valence-corrected chi connectivity index (χ3v) is 4.02. The fourth-order valence-corrected chi connectivity index (χ4v) is 2.61. The molecule has 1 aliphatic rings. The molecule has 1 aliphatic carbocycles. The average Bonchev–Trinajstić information content (AvgIpc) is 3.30. The Morgan fingerprint density at radius 1 is 1.18 bits per heavy atom. The predicted octanol–water partition coefficient (Wildman–Crippen LogP) is 4.02. The normalized spacial score (nSPS) is 15.2. The van der Waals surface area contributed by atoms with Crippen molar-refractivity contribution >= 4 is 27.5 Å². The van der Waals surface area contributed by atoms with E-state index in [0.717, 1.165) is 28.6 Å². The van der Waals surface area contributed by atoms with E-state index >= 15 is 0 Å². The minimum absolute atomic E-state index is 0.0888. The second-order valence-electron chi connectivity index (χ2n) is 5.42. The summed E-state index contributed by atoms with van der Waals surface area (Å²) in [5, 5.41) is 6.22. The van der Waals surface area contributed by atoms with Crippen molar-refractivity contribution in [3.63, 3.8) is 0 Å². The molecular formula is C17H16BrFN2O. The molecule has 1 atom stereocenters. The van der Waals surface area contributed by atoms with E-state index in [4.69, 9.17) is 0 Å². The van der Waals surface area contributed by atoms with Gasteiger partial charge < -0.3 is 10.6 Å². The van der Waals surface area contributed by atoms with Gasteiger partial charge in [-0.05, 0) is 48.7 Å². The number of carbonyl (C=O) groups is 1. The first-order valence-corrected chi connectivity index (χ1v) is 7.99. The maximum atomic E-state index is 13.1. The van der Waals surface area contributed by atoms with Crippen LogP contribution in [0.3, 0.4) is 0 Å². The molecule has 1 saturated carbocycles. The minimum Gasteiger partial charge on any atom is -0.370 e. The van der Waals surface area contributed by atoms with E-state index in [2.05, 4.69) is 26.6 Å². The third-order valence-electron chi connectivity index (χ3n) is 3.52. The smallest absolute Gasteiger partial charge is 0.247 e. The van der Waals surface area contributed by atoms with Crippen molar-refractivity contribution in [1.29, 1.82) is 0 Å². The Kier molecular flexibility index (Phi) is 4.43. The summed E-state index contributed by atoms with van der Waals surface area (Å²) < 4.78 is 14.1. The second-order valence-corrected chi connectivity index (χ2v) is 6.34. The lowest BCUT2D eigenvalue weighted by Gasteiger charge is -2.20. The van der Waals surface area contributed by atoms with Crippen molar-refractivity contribution in [2.75, 3.05) is 5.32 Å². The Bertz CT molecular complexity index is 671. The van der Waals surface area contributed by atoms with Crippen molar-refractivity contribution in [3.05, 3.63) is 64.4 Å². The van der Waals surface area contributed by atoms with Crippen molar-refractivity contribution in [2.24, 2.45) is 0 Å². The highest BCUT2D eigenvalue weighted by molar-refractivity contribution is 9.10. The molecule has 2 aromatic carbocycles. The number of benzene rings is 2. The number of hydrogen-bond acceptors (Lipinski definition) is 2. The van der Waals surface area contributed by atoms with Crippen LogP contribution >= 0.6 is 15.9 Å². The lowest BCUT2D eigenvalue weighted by Crippen LogP contribution is -2.34. The molecule has 5 heteroatoms. The molecule has 0 radical (unpaired) electrons. The lowest BCUT2D eigenvalue weighted by molar-refractivity contribution is -0.122. The average molecular weight is 363 g/mol. The second kappa shape index (κ2) is 6.48. The van der Waals surface area contributed by atoms with Crippen molar-refractivity contribution in [2.45, 2.75) is 24.9 Å². The first-order chi connectivity index (χ1) is 10.6. The Hall–Kier alpha value is -1.88. The Morgan fingerprint density at radius 3 is 2.55 bits per heavy atom. The number of halogens is 2. The van der Waals surface area contributed by atoms with Gasteiger partial charge in [-0.2, -0.15) is 0 Å². The maximum Gasteiger partial charge on any atom is 0.247 e. The van der Waals surface area contributed by atoms with Crippen LogP contribution in [0.2, 0.25) is 0 Å². The van der Waals surface area contributed by atoms with Gasteiger partial charge in [-0.25, -0.2) is 4.39 Å². The van der Waals surface area contributed by atoms with Gasteiger partial charge in [0, 0.05) is 16.2 Å². The molecule has 0 aliphatic heterocycles. The van der Waals surface area contributed by atoms with E-state index in [9.17, 15) is 9.18 Å². The van der Waals surface area contributed by atoms with E-state index < -0.39 is 6.04 Å². The van der Waals surface area contributed by atoms with Gasteiger partial charge >= 0.3 is 0 Å². The zero-order chi connectivity index (χ0) is 15.5. The molecule has 3 nitrogen and oxygen atoms in total. The van der Waals surface area contributed by atoms with Gasteiger partial charge in [0.25, 0.3) is 0 Å². The molecule has 1 amide bonds. The number of carbonyl (C=O) groups excluding carboxylic acids is 1. The number of rotatable bonds is 5. The Balaban J connectivity index is 1.84. The van der Waals surface area contributed by atoms with Crippen LogP contribution in [-0.2, 0) is 4.79 Å². The molecule has 0 saturated heterocycles. The van der Waals surface area contributed by atoms with Crippen LogP contribution in [0.1, 0.15) is 24.4 Å². The molecule has 114 valence electrons. The summed E-state index contributed by atoms with van der Waals surface area (Å²) in [5.74, 6) is -0.401. The zero-order valence-corrected chi connectivity index (χ0v) is 13.4. The van der Waals surface area contributed by atoms with Crippen molar-refractivity contribution in [1.82, 2.24) is 5.32 Å². The molecule has 1 unspecified atom stereocenters. The molecule has 1 fully saturated rings. The quantitative estimate of drug-likeness (QED) is 0.843. The van der Waals surface area contributed by atoms with Crippen LogP contribution in [0.4, 0.5) is 10.1 Å². The third kappa shape index (κ3) is 3.85. The van der Waals surface area contributed by atoms with Gasteiger partial charge in [0.05, 0.1) is 0 Å². The summed E-state index contributed by atoms with van der Waals surface area (Å²) in [6, 6.07) is 13.4. The van der Waals surface area contributed by atoms with E-state index in [-0.39, 0.29) is 17.8 Å². The van der Waals surface area contributed by atoms with Crippen LogP contribution in [0.15, 0.2) is 53.0 Å². The highest BCUT2D eigenvalue weighted by Crippen LogP contribution is 2.25. The number of nitrogens with one attached hydrogen (secondary N) is 2. The molecule has 2 N–H and O–H groups in total. The lowest BCUT2D eigenvalue weighted by atomic mass is 10.1. The van der Waals surface area contributed by atoms with E-state index in [1.807, 2.05) is 24.3 Å². The van der Waals surface area contributed by atoms with Crippen LogP contribution < -0.4 is 10.6 Å². The molecule has 2 aromatic rings. The van der Waals surface area contributed by atoms with Gasteiger partial charge in [0.1, 0.15) is 11.9 Å².